The molecule has 0 fully saturated rings. The van der Waals surface area contributed by atoms with Crippen LogP contribution in [0.15, 0.2) is 95.7 Å². The predicted octanol–water partition coefficient (Wildman–Crippen LogP) is 11.7. The van der Waals surface area contributed by atoms with Crippen molar-refractivity contribution in [2.45, 2.75) is 64.6 Å². The molecule has 0 amide bonds. The molecule has 1 radical (unpaired) electrons. The Morgan fingerprint density at radius 2 is 1.56 bits per heavy atom. The standard InChI is InChI=1S/C26H20NO.C18H23FGeN.Ir/c1-16-13-17(2)25(18(3)14-16)19-11-12-27-23(15-19)22-9-6-8-21-20-7-4-5-10-24(20)28-26(21)22;1-12(2)15-10-18(21-11-17(15)20(4,5)6)14-8-7-13(3)9-16(14)19;/h4-8,10-15H,1-3H3;7,9-12H,1-6H3;/q2*-1;/i;3D3,12D;. The zero-order valence-electron chi connectivity index (χ0n) is 33.7. The number of rotatable bonds is 5. The first-order chi connectivity index (χ1) is 24.8. The molecule has 6 heteroatoms. The number of furan rings is 1. The third-order valence-electron chi connectivity index (χ3n) is 8.72. The Morgan fingerprint density at radius 3 is 2.24 bits per heavy atom. The Hall–Kier alpha value is -3.90. The second kappa shape index (κ2) is 15.1. The predicted molar refractivity (Wildman–Crippen MR) is 206 cm³/mol. The van der Waals surface area contributed by atoms with Crippen molar-refractivity contribution in [2.75, 3.05) is 0 Å². The largest absolute Gasteiger partial charge is 0 e. The van der Waals surface area contributed by atoms with Gasteiger partial charge in [0.15, 0.2) is 0 Å². The molecule has 0 aliphatic heterocycles. The summed E-state index contributed by atoms with van der Waals surface area (Å²) in [5, 5.41) is 2.22. The van der Waals surface area contributed by atoms with Gasteiger partial charge in [0.1, 0.15) is 5.58 Å². The van der Waals surface area contributed by atoms with E-state index in [2.05, 4.69) is 96.5 Å². The van der Waals surface area contributed by atoms with Crippen molar-refractivity contribution in [1.82, 2.24) is 9.97 Å². The number of aryl methyl sites for hydroxylation is 4. The Morgan fingerprint density at radius 1 is 0.840 bits per heavy atom. The van der Waals surface area contributed by atoms with Gasteiger partial charge in [0.2, 0.25) is 0 Å². The quantitative estimate of drug-likeness (QED) is 0.128. The van der Waals surface area contributed by atoms with Crippen LogP contribution in [0.1, 0.15) is 53.0 Å². The normalized spacial score (nSPS) is 13.1. The zero-order valence-corrected chi connectivity index (χ0v) is 34.2. The van der Waals surface area contributed by atoms with E-state index in [0.717, 1.165) is 49.2 Å². The summed E-state index contributed by atoms with van der Waals surface area (Å²) in [6, 6.07) is 30.9. The van der Waals surface area contributed by atoms with E-state index in [1.807, 2.05) is 30.5 Å². The van der Waals surface area contributed by atoms with E-state index in [4.69, 9.17) is 9.90 Å². The number of para-hydroxylation sites is 1. The summed E-state index contributed by atoms with van der Waals surface area (Å²) in [5.74, 6) is 5.18. The summed E-state index contributed by atoms with van der Waals surface area (Å²) in [6.07, 6.45) is 3.63. The van der Waals surface area contributed by atoms with E-state index in [1.54, 1.807) is 26.1 Å². The van der Waals surface area contributed by atoms with Gasteiger partial charge in [-0.25, -0.2) is 0 Å². The van der Waals surface area contributed by atoms with Gasteiger partial charge in [-0.1, -0.05) is 52.9 Å². The SMILES string of the molecule is Cc1cc(C)c(-c2ccnc(-c3[c-]ccc4c3oc3ccccc34)c2)c(C)c1.[2H]C([2H])([2H])c1c[c-]c(-c2cc(C([2H])(C)C)[c]([Ge]([CH3])([CH3])[CH3])cn2)c(F)c1.[Ir]. The Labute approximate surface area is 317 Å². The smallest absolute Gasteiger partial charge is 0 e. The van der Waals surface area contributed by atoms with Crippen molar-refractivity contribution in [3.8, 4) is 33.6 Å². The molecule has 7 aromatic rings. The Kier molecular flexibility index (Phi) is 9.71. The molecule has 3 heterocycles. The van der Waals surface area contributed by atoms with Crippen LogP contribution < -0.4 is 4.40 Å². The molecule has 0 spiro atoms. The number of nitrogens with zero attached hydrogens (tertiary/aromatic N) is 2. The maximum Gasteiger partial charge on any atom is 0 e. The monoisotopic (exact) mass is 905 g/mol. The number of hydrogen-bond acceptors (Lipinski definition) is 3. The number of fused-ring (bicyclic) bond motifs is 3. The third-order valence-corrected chi connectivity index (χ3v) is 12.9. The molecule has 0 atom stereocenters. The van der Waals surface area contributed by atoms with Gasteiger partial charge >= 0.3 is 135 Å². The first-order valence-corrected chi connectivity index (χ1v) is 23.8. The summed E-state index contributed by atoms with van der Waals surface area (Å²) in [4.78, 5) is 9.03. The van der Waals surface area contributed by atoms with E-state index in [-0.39, 0.29) is 31.2 Å². The second-order valence-electron chi connectivity index (χ2n) is 13.9. The molecular formula is C44H43FGeIrN2O-2. The number of benzene rings is 4. The van der Waals surface area contributed by atoms with Gasteiger partial charge in [-0.15, -0.1) is 18.2 Å². The van der Waals surface area contributed by atoms with Crippen LogP contribution in [0.5, 0.6) is 0 Å². The molecule has 0 unspecified atom stereocenters. The minimum Gasteiger partial charge on any atom is 0 e. The van der Waals surface area contributed by atoms with E-state index in [9.17, 15) is 4.39 Å². The fourth-order valence-electron chi connectivity index (χ4n) is 6.51. The van der Waals surface area contributed by atoms with Crippen LogP contribution in [-0.2, 0) is 20.1 Å². The van der Waals surface area contributed by atoms with Crippen LogP contribution in [0.3, 0.4) is 0 Å². The Balaban J connectivity index is 0.000000206. The van der Waals surface area contributed by atoms with Crippen molar-refractivity contribution in [3.63, 3.8) is 0 Å². The summed E-state index contributed by atoms with van der Waals surface area (Å²) >= 11 is -2.25. The molecule has 0 bridgehead atoms. The van der Waals surface area contributed by atoms with Gasteiger partial charge in [-0.3, -0.25) is 0 Å². The minimum absolute atomic E-state index is 0. The molecule has 0 aliphatic rings. The van der Waals surface area contributed by atoms with Crippen LogP contribution in [0.2, 0.25) is 17.3 Å². The van der Waals surface area contributed by atoms with Gasteiger partial charge in [0.05, 0.1) is 5.58 Å². The average Bonchev–Trinajstić information content (AvgIpc) is 3.46. The molecule has 4 aromatic carbocycles. The van der Waals surface area contributed by atoms with Crippen LogP contribution in [-0.4, -0.2) is 23.2 Å². The zero-order chi connectivity index (χ0) is 38.5. The third kappa shape index (κ3) is 7.71. The van der Waals surface area contributed by atoms with Crippen molar-refractivity contribution in [2.24, 2.45) is 0 Å². The summed E-state index contributed by atoms with van der Waals surface area (Å²) in [6.45, 7) is 7.71. The molecule has 0 saturated carbocycles. The van der Waals surface area contributed by atoms with Crippen LogP contribution in [0.4, 0.5) is 4.39 Å². The van der Waals surface area contributed by atoms with E-state index < -0.39 is 31.8 Å². The fraction of sp³-hybridized carbons (Fsp3) is 0.227. The number of hydrogen-bond donors (Lipinski definition) is 0. The van der Waals surface area contributed by atoms with Gasteiger partial charge in [-0.2, -0.15) is 0 Å². The average molecular weight is 904 g/mol. The van der Waals surface area contributed by atoms with Crippen LogP contribution >= 0.6 is 0 Å². The van der Waals surface area contributed by atoms with Crippen molar-refractivity contribution in [3.05, 3.63) is 137 Å². The van der Waals surface area contributed by atoms with Crippen molar-refractivity contribution < 1.29 is 34.4 Å². The van der Waals surface area contributed by atoms with Crippen LogP contribution in [0.25, 0.3) is 55.6 Å². The topological polar surface area (TPSA) is 38.9 Å². The molecular weight excluding hydrogens is 856 g/mol. The molecule has 7 rings (SSSR count). The Bertz CT molecular complexity index is 2460. The van der Waals surface area contributed by atoms with Crippen molar-refractivity contribution >= 4 is 39.6 Å². The molecule has 3 nitrogen and oxygen atoms in total. The molecule has 0 aliphatic carbocycles. The van der Waals surface area contributed by atoms with Gasteiger partial charge in [-0.05, 0) is 60.9 Å². The van der Waals surface area contributed by atoms with E-state index in [1.165, 1.54) is 33.9 Å². The van der Waals surface area contributed by atoms with Gasteiger partial charge < -0.3 is 9.40 Å². The fourth-order valence-corrected chi connectivity index (χ4v) is 9.83. The maximum atomic E-state index is 14.5. The first-order valence-electron chi connectivity index (χ1n) is 18.4. The molecule has 0 N–H and O–H groups in total. The number of aromatic nitrogens is 2. The second-order valence-corrected chi connectivity index (χ2v) is 24.4. The van der Waals surface area contributed by atoms with E-state index in [0.29, 0.717) is 5.69 Å². The molecule has 257 valence electrons. The molecule has 50 heavy (non-hydrogen) atoms. The first kappa shape index (κ1) is 32.0. The summed E-state index contributed by atoms with van der Waals surface area (Å²) in [7, 11) is 0. The molecule has 0 saturated heterocycles. The number of halogens is 1. The maximum absolute atomic E-state index is 14.5. The minimum atomic E-state index is -2.37. The number of pyridine rings is 2. The summed E-state index contributed by atoms with van der Waals surface area (Å²) in [5.41, 5.74) is 11.0. The molecule has 3 aromatic heterocycles. The van der Waals surface area contributed by atoms with Gasteiger partial charge in [0, 0.05) is 31.7 Å². The summed E-state index contributed by atoms with van der Waals surface area (Å²) < 4.78 is 52.3. The van der Waals surface area contributed by atoms with Crippen molar-refractivity contribution in [1.29, 1.82) is 0 Å². The van der Waals surface area contributed by atoms with Gasteiger partial charge in [0.25, 0.3) is 0 Å². The van der Waals surface area contributed by atoms with Crippen LogP contribution in [0, 0.1) is 45.6 Å². The van der Waals surface area contributed by atoms with E-state index >= 15 is 0 Å².